The van der Waals surface area contributed by atoms with Gasteiger partial charge in [0, 0.05) is 6.04 Å². The number of nitrogens with one attached hydrogen (secondary N) is 1. The van der Waals surface area contributed by atoms with Crippen LogP contribution in [-0.4, -0.2) is 37.2 Å². The van der Waals surface area contributed by atoms with Gasteiger partial charge < -0.3 is 10.1 Å². The predicted octanol–water partition coefficient (Wildman–Crippen LogP) is 2.70. The molecule has 1 fully saturated rings. The summed E-state index contributed by atoms with van der Waals surface area (Å²) in [6, 6.07) is 0.498. The first-order valence-corrected chi connectivity index (χ1v) is 8.45. The number of carbonyl (C=O) groups excluding carboxylic acids is 1. The molecule has 0 saturated heterocycles. The summed E-state index contributed by atoms with van der Waals surface area (Å²) in [4.78, 5) is 11.7. The molecule has 1 aliphatic rings. The van der Waals surface area contributed by atoms with Crippen LogP contribution in [0.1, 0.15) is 39.5 Å². The third kappa shape index (κ3) is 5.61. The molecule has 106 valence electrons. The fraction of sp³-hybridized carbons (Fsp3) is 0.929. The third-order valence-corrected chi connectivity index (χ3v) is 4.40. The maximum Gasteiger partial charge on any atom is 0.308 e. The highest BCUT2D eigenvalue weighted by molar-refractivity contribution is 7.98. The highest BCUT2D eigenvalue weighted by atomic mass is 32.2. The van der Waals surface area contributed by atoms with Gasteiger partial charge in [0.05, 0.1) is 12.5 Å². The molecule has 0 bridgehead atoms. The molecular weight excluding hydrogens is 246 g/mol. The van der Waals surface area contributed by atoms with E-state index >= 15 is 0 Å². The van der Waals surface area contributed by atoms with Gasteiger partial charge in [0.25, 0.3) is 0 Å². The summed E-state index contributed by atoms with van der Waals surface area (Å²) in [6.07, 6.45) is 6.43. The van der Waals surface area contributed by atoms with Crippen molar-refractivity contribution < 1.29 is 9.53 Å². The molecule has 3 atom stereocenters. The van der Waals surface area contributed by atoms with Crippen LogP contribution >= 0.6 is 11.8 Å². The van der Waals surface area contributed by atoms with Crippen LogP contribution in [0.2, 0.25) is 0 Å². The second kappa shape index (κ2) is 8.81. The van der Waals surface area contributed by atoms with Crippen LogP contribution in [0.5, 0.6) is 0 Å². The summed E-state index contributed by atoms with van der Waals surface area (Å²) >= 11 is 1.89. The van der Waals surface area contributed by atoms with Gasteiger partial charge in [-0.05, 0) is 50.7 Å². The number of ether oxygens (including phenoxy) is 1. The lowest BCUT2D eigenvalue weighted by molar-refractivity contribution is -0.149. The number of esters is 1. The standard InChI is InChI=1S/C14H27NO2S/c1-4-17-14(16)12-6-5-7-13(8-12)15-9-11(2)10-18-3/h11-13,15H,4-10H2,1-3H3. The van der Waals surface area contributed by atoms with Gasteiger partial charge in [-0.15, -0.1) is 0 Å². The van der Waals surface area contributed by atoms with Gasteiger partial charge in [-0.2, -0.15) is 11.8 Å². The molecule has 0 aliphatic heterocycles. The predicted molar refractivity (Wildman–Crippen MR) is 77.9 cm³/mol. The Kier molecular flexibility index (Phi) is 7.75. The van der Waals surface area contributed by atoms with Crippen LogP contribution in [0.3, 0.4) is 0 Å². The van der Waals surface area contributed by atoms with E-state index in [2.05, 4.69) is 18.5 Å². The molecule has 0 heterocycles. The second-order valence-corrected chi connectivity index (χ2v) is 6.19. The fourth-order valence-corrected chi connectivity index (χ4v) is 3.25. The number of hydrogen-bond acceptors (Lipinski definition) is 4. The highest BCUT2D eigenvalue weighted by Gasteiger charge is 2.27. The van der Waals surface area contributed by atoms with Gasteiger partial charge in [-0.25, -0.2) is 0 Å². The van der Waals surface area contributed by atoms with Gasteiger partial charge in [-0.3, -0.25) is 4.79 Å². The Balaban J connectivity index is 2.28. The number of rotatable bonds is 7. The molecule has 1 aliphatic carbocycles. The molecule has 0 spiro atoms. The maximum atomic E-state index is 11.7. The van der Waals surface area contributed by atoms with Crippen molar-refractivity contribution in [3.63, 3.8) is 0 Å². The molecule has 0 aromatic carbocycles. The van der Waals surface area contributed by atoms with Gasteiger partial charge >= 0.3 is 5.97 Å². The van der Waals surface area contributed by atoms with Gasteiger partial charge in [0.2, 0.25) is 0 Å². The average Bonchev–Trinajstić information content (AvgIpc) is 2.37. The first-order valence-electron chi connectivity index (χ1n) is 7.06. The van der Waals surface area contributed by atoms with E-state index < -0.39 is 0 Å². The van der Waals surface area contributed by atoms with Crippen LogP contribution in [0, 0.1) is 11.8 Å². The largest absolute Gasteiger partial charge is 0.466 e. The van der Waals surface area contributed by atoms with E-state index in [0.29, 0.717) is 18.6 Å². The minimum absolute atomic E-state index is 0.00108. The Morgan fingerprint density at radius 2 is 2.28 bits per heavy atom. The van der Waals surface area contributed by atoms with Gasteiger partial charge in [-0.1, -0.05) is 13.3 Å². The normalized spacial score (nSPS) is 25.7. The maximum absolute atomic E-state index is 11.7. The first kappa shape index (κ1) is 15.8. The fourth-order valence-electron chi connectivity index (χ4n) is 2.56. The molecule has 3 nitrogen and oxygen atoms in total. The van der Waals surface area contributed by atoms with E-state index in [1.807, 2.05) is 18.7 Å². The molecule has 1 N–H and O–H groups in total. The minimum Gasteiger partial charge on any atom is -0.466 e. The van der Waals surface area contributed by atoms with Crippen LogP contribution in [0.15, 0.2) is 0 Å². The molecule has 1 rings (SSSR count). The smallest absolute Gasteiger partial charge is 0.308 e. The average molecular weight is 273 g/mol. The zero-order valence-electron chi connectivity index (χ0n) is 11.9. The summed E-state index contributed by atoms with van der Waals surface area (Å²) in [5, 5.41) is 3.61. The lowest BCUT2D eigenvalue weighted by Crippen LogP contribution is -2.39. The molecule has 3 unspecified atom stereocenters. The molecule has 0 radical (unpaired) electrons. The van der Waals surface area contributed by atoms with E-state index in [9.17, 15) is 4.79 Å². The summed E-state index contributed by atoms with van der Waals surface area (Å²) in [6.45, 7) is 5.70. The highest BCUT2D eigenvalue weighted by Crippen LogP contribution is 2.25. The zero-order valence-corrected chi connectivity index (χ0v) is 12.7. The van der Waals surface area contributed by atoms with E-state index in [4.69, 9.17) is 4.74 Å². The van der Waals surface area contributed by atoms with E-state index in [0.717, 1.165) is 25.8 Å². The van der Waals surface area contributed by atoms with Crippen molar-refractivity contribution in [2.24, 2.45) is 11.8 Å². The molecule has 1 saturated carbocycles. The van der Waals surface area contributed by atoms with Crippen molar-refractivity contribution in [1.29, 1.82) is 0 Å². The Bertz CT molecular complexity index is 248. The lowest BCUT2D eigenvalue weighted by Gasteiger charge is -2.29. The Morgan fingerprint density at radius 1 is 1.50 bits per heavy atom. The molecule has 0 aromatic heterocycles. The van der Waals surface area contributed by atoms with Crippen molar-refractivity contribution in [2.45, 2.75) is 45.6 Å². The Labute approximate surface area is 115 Å². The molecule has 4 heteroatoms. The topological polar surface area (TPSA) is 38.3 Å². The summed E-state index contributed by atoms with van der Waals surface area (Å²) in [5.41, 5.74) is 0. The molecular formula is C14H27NO2S. The molecule has 18 heavy (non-hydrogen) atoms. The number of thioether (sulfide) groups is 1. The lowest BCUT2D eigenvalue weighted by atomic mass is 9.85. The number of carbonyl (C=O) groups is 1. The second-order valence-electron chi connectivity index (χ2n) is 5.28. The molecule has 0 aromatic rings. The Morgan fingerprint density at radius 3 is 2.94 bits per heavy atom. The van der Waals surface area contributed by atoms with E-state index in [-0.39, 0.29) is 11.9 Å². The Hall–Kier alpha value is -0.220. The van der Waals surface area contributed by atoms with Crippen molar-refractivity contribution in [3.05, 3.63) is 0 Å². The van der Waals surface area contributed by atoms with Crippen molar-refractivity contribution in [1.82, 2.24) is 5.32 Å². The van der Waals surface area contributed by atoms with Crippen molar-refractivity contribution in [2.75, 3.05) is 25.2 Å². The first-order chi connectivity index (χ1) is 8.67. The van der Waals surface area contributed by atoms with E-state index in [1.165, 1.54) is 12.2 Å². The van der Waals surface area contributed by atoms with Gasteiger partial charge in [0.1, 0.15) is 0 Å². The monoisotopic (exact) mass is 273 g/mol. The van der Waals surface area contributed by atoms with Gasteiger partial charge in [0.15, 0.2) is 0 Å². The van der Waals surface area contributed by atoms with Crippen LogP contribution in [0.4, 0.5) is 0 Å². The summed E-state index contributed by atoms with van der Waals surface area (Å²) in [7, 11) is 0. The number of hydrogen-bond donors (Lipinski definition) is 1. The van der Waals surface area contributed by atoms with Crippen LogP contribution < -0.4 is 5.32 Å². The third-order valence-electron chi connectivity index (χ3n) is 3.50. The molecule has 0 amide bonds. The zero-order chi connectivity index (χ0) is 13.4. The van der Waals surface area contributed by atoms with Crippen LogP contribution in [0.25, 0.3) is 0 Å². The van der Waals surface area contributed by atoms with Crippen LogP contribution in [-0.2, 0) is 9.53 Å². The quantitative estimate of drug-likeness (QED) is 0.724. The summed E-state index contributed by atoms with van der Waals surface area (Å²) < 4.78 is 5.12. The van der Waals surface area contributed by atoms with Crippen molar-refractivity contribution in [3.8, 4) is 0 Å². The van der Waals surface area contributed by atoms with Crippen molar-refractivity contribution >= 4 is 17.7 Å². The SMILES string of the molecule is CCOC(=O)C1CCCC(NCC(C)CSC)C1. The minimum atomic E-state index is 0.00108. The summed E-state index contributed by atoms with van der Waals surface area (Å²) in [5.74, 6) is 2.01. The van der Waals surface area contributed by atoms with E-state index in [1.54, 1.807) is 0 Å².